The van der Waals surface area contributed by atoms with Gasteiger partial charge in [-0.15, -0.1) is 0 Å². The number of methoxy groups -OCH3 is 1. The number of aromatic nitrogens is 4. The average Bonchev–Trinajstić information content (AvgIpc) is 3.02. The van der Waals surface area contributed by atoms with Gasteiger partial charge in [-0.05, 0) is 25.1 Å². The summed E-state index contributed by atoms with van der Waals surface area (Å²) in [7, 11) is 4.59. The van der Waals surface area contributed by atoms with Gasteiger partial charge in [-0.25, -0.2) is 10.2 Å². The van der Waals surface area contributed by atoms with Gasteiger partial charge in [0.15, 0.2) is 11.2 Å². The number of rotatable bonds is 6. The van der Waals surface area contributed by atoms with Gasteiger partial charge in [0.2, 0.25) is 5.95 Å². The first-order valence-electron chi connectivity index (χ1n) is 8.67. The topological polar surface area (TPSA) is 95.4 Å². The summed E-state index contributed by atoms with van der Waals surface area (Å²) in [5.74, 6) is 0.983. The maximum Gasteiger partial charge on any atom is 0.332 e. The van der Waals surface area contributed by atoms with Crippen molar-refractivity contribution >= 4 is 39.3 Å². The average molecular weight is 461 g/mol. The lowest BCUT2D eigenvalue weighted by molar-refractivity contribution is 0.414. The molecule has 0 radical (unpaired) electrons. The Kier molecular flexibility index (Phi) is 5.73. The van der Waals surface area contributed by atoms with Gasteiger partial charge in [0, 0.05) is 30.7 Å². The number of anilines is 1. The second kappa shape index (κ2) is 8.08. The first-order valence-corrected chi connectivity index (χ1v) is 9.47. The molecule has 0 amide bonds. The van der Waals surface area contributed by atoms with Gasteiger partial charge in [0.1, 0.15) is 5.75 Å². The van der Waals surface area contributed by atoms with Crippen molar-refractivity contribution < 1.29 is 4.74 Å². The van der Waals surface area contributed by atoms with Gasteiger partial charge >= 0.3 is 5.69 Å². The van der Waals surface area contributed by atoms with Crippen molar-refractivity contribution in [2.24, 2.45) is 19.2 Å². The summed E-state index contributed by atoms with van der Waals surface area (Å²) >= 11 is 3.42. The highest BCUT2D eigenvalue weighted by molar-refractivity contribution is 9.10. The normalized spacial score (nSPS) is 11.3. The first-order chi connectivity index (χ1) is 13.7. The van der Waals surface area contributed by atoms with Crippen LogP contribution in [0.2, 0.25) is 0 Å². The zero-order chi connectivity index (χ0) is 21.3. The Bertz CT molecular complexity index is 1250. The smallest absolute Gasteiger partial charge is 0.332 e. The molecule has 0 aliphatic heterocycles. The number of benzene rings is 1. The first kappa shape index (κ1) is 20.6. The highest BCUT2D eigenvalue weighted by Crippen LogP contribution is 2.22. The Morgan fingerprint density at radius 3 is 2.72 bits per heavy atom. The van der Waals surface area contributed by atoms with Crippen LogP contribution in [0.4, 0.5) is 5.95 Å². The zero-order valence-corrected chi connectivity index (χ0v) is 18.1. The van der Waals surface area contributed by atoms with E-state index in [0.717, 1.165) is 20.2 Å². The van der Waals surface area contributed by atoms with E-state index in [1.165, 1.54) is 11.6 Å². The van der Waals surface area contributed by atoms with Crippen LogP contribution in [0.25, 0.3) is 11.2 Å². The number of halogens is 1. The Labute approximate surface area is 175 Å². The Morgan fingerprint density at radius 1 is 1.34 bits per heavy atom. The lowest BCUT2D eigenvalue weighted by Crippen LogP contribution is -2.37. The van der Waals surface area contributed by atoms with Gasteiger partial charge in [-0.3, -0.25) is 18.5 Å². The molecule has 2 aromatic heterocycles. The molecular formula is C19H21BrN6O3. The highest BCUT2D eigenvalue weighted by Gasteiger charge is 2.19. The predicted octanol–water partition coefficient (Wildman–Crippen LogP) is 2.23. The standard InChI is InChI=1S/C19H21BrN6O3/c1-11(2)10-26-15-16(24(3)19(28)25(4)17(15)27)22-18(26)23-21-9-12-8-13(20)6-7-14(12)29-5/h6-9H,1,10H2,2-5H3,(H,22,23)/b21-9-. The minimum atomic E-state index is -0.448. The fourth-order valence-electron chi connectivity index (χ4n) is 2.92. The SMILES string of the molecule is C=C(C)Cn1c(N/N=C\c2cc(Br)ccc2OC)nc2c1c(=O)n(C)c(=O)n2C. The summed E-state index contributed by atoms with van der Waals surface area (Å²) in [4.78, 5) is 29.4. The fraction of sp³-hybridized carbons (Fsp3) is 0.263. The molecule has 0 saturated carbocycles. The number of hydrogen-bond donors (Lipinski definition) is 1. The summed E-state index contributed by atoms with van der Waals surface area (Å²) in [6.07, 6.45) is 1.59. The van der Waals surface area contributed by atoms with E-state index in [2.05, 4.69) is 38.0 Å². The van der Waals surface area contributed by atoms with Crippen LogP contribution in [0.5, 0.6) is 5.75 Å². The summed E-state index contributed by atoms with van der Waals surface area (Å²) in [6.45, 7) is 6.11. The van der Waals surface area contributed by atoms with Crippen LogP contribution in [0.3, 0.4) is 0 Å². The molecule has 0 unspecified atom stereocenters. The van der Waals surface area contributed by atoms with Crippen LogP contribution in [0.1, 0.15) is 12.5 Å². The largest absolute Gasteiger partial charge is 0.496 e. The van der Waals surface area contributed by atoms with Gasteiger partial charge in [-0.2, -0.15) is 10.1 Å². The van der Waals surface area contributed by atoms with Crippen molar-refractivity contribution in [1.82, 2.24) is 18.7 Å². The van der Waals surface area contributed by atoms with Crippen molar-refractivity contribution in [1.29, 1.82) is 0 Å². The number of hydrazone groups is 1. The summed E-state index contributed by atoms with van der Waals surface area (Å²) < 4.78 is 10.3. The fourth-order valence-corrected chi connectivity index (χ4v) is 3.30. The molecule has 2 heterocycles. The van der Waals surface area contributed by atoms with E-state index in [0.29, 0.717) is 23.8 Å². The predicted molar refractivity (Wildman–Crippen MR) is 117 cm³/mol. The monoisotopic (exact) mass is 460 g/mol. The quantitative estimate of drug-likeness (QED) is 0.345. The Morgan fingerprint density at radius 2 is 2.07 bits per heavy atom. The molecular weight excluding hydrogens is 440 g/mol. The van der Waals surface area contributed by atoms with Crippen molar-refractivity contribution in [3.63, 3.8) is 0 Å². The van der Waals surface area contributed by atoms with Crippen LogP contribution >= 0.6 is 15.9 Å². The van der Waals surface area contributed by atoms with E-state index < -0.39 is 11.2 Å². The summed E-state index contributed by atoms with van der Waals surface area (Å²) in [6, 6.07) is 5.55. The second-order valence-corrected chi connectivity index (χ2v) is 7.53. The Hall–Kier alpha value is -3.14. The van der Waals surface area contributed by atoms with E-state index >= 15 is 0 Å². The number of imidazole rings is 1. The molecule has 0 atom stereocenters. The number of nitrogens with zero attached hydrogens (tertiary/aromatic N) is 5. The molecule has 10 heteroatoms. The highest BCUT2D eigenvalue weighted by atomic mass is 79.9. The summed E-state index contributed by atoms with van der Waals surface area (Å²) in [5, 5.41) is 4.24. The molecule has 0 saturated heterocycles. The van der Waals surface area contributed by atoms with Crippen LogP contribution < -0.4 is 21.4 Å². The number of aryl methyl sites for hydroxylation is 1. The number of allylic oxidation sites excluding steroid dienone is 1. The third kappa shape index (κ3) is 3.88. The molecule has 3 rings (SSSR count). The lowest BCUT2D eigenvalue weighted by Gasteiger charge is -2.09. The molecule has 1 N–H and O–H groups in total. The summed E-state index contributed by atoms with van der Waals surface area (Å²) in [5.41, 5.74) is 4.14. The molecule has 0 aliphatic carbocycles. The molecule has 9 nitrogen and oxygen atoms in total. The molecule has 0 fully saturated rings. The van der Waals surface area contributed by atoms with E-state index in [-0.39, 0.29) is 5.65 Å². The third-order valence-electron chi connectivity index (χ3n) is 4.34. The van der Waals surface area contributed by atoms with Crippen molar-refractivity contribution in [2.75, 3.05) is 12.5 Å². The minimum Gasteiger partial charge on any atom is -0.496 e. The van der Waals surface area contributed by atoms with Gasteiger partial charge in [-0.1, -0.05) is 28.1 Å². The van der Waals surface area contributed by atoms with Crippen LogP contribution in [0.15, 0.2) is 49.5 Å². The number of fused-ring (bicyclic) bond motifs is 1. The van der Waals surface area contributed by atoms with Gasteiger partial charge in [0.25, 0.3) is 5.56 Å². The minimum absolute atomic E-state index is 0.275. The molecule has 0 bridgehead atoms. The van der Waals surface area contributed by atoms with E-state index in [1.807, 2.05) is 25.1 Å². The van der Waals surface area contributed by atoms with Crippen LogP contribution in [-0.2, 0) is 20.6 Å². The maximum atomic E-state index is 12.7. The number of hydrogen-bond acceptors (Lipinski definition) is 6. The molecule has 0 spiro atoms. The third-order valence-corrected chi connectivity index (χ3v) is 4.83. The van der Waals surface area contributed by atoms with E-state index in [4.69, 9.17) is 4.74 Å². The molecule has 1 aromatic carbocycles. The van der Waals surface area contributed by atoms with E-state index in [1.54, 1.807) is 24.9 Å². The van der Waals surface area contributed by atoms with E-state index in [9.17, 15) is 9.59 Å². The molecule has 3 aromatic rings. The number of nitrogens with one attached hydrogen (secondary N) is 1. The number of ether oxygens (including phenoxy) is 1. The Balaban J connectivity index is 2.10. The molecule has 29 heavy (non-hydrogen) atoms. The van der Waals surface area contributed by atoms with Gasteiger partial charge < -0.3 is 4.74 Å². The zero-order valence-electron chi connectivity index (χ0n) is 16.6. The van der Waals surface area contributed by atoms with Crippen LogP contribution in [0, 0.1) is 0 Å². The van der Waals surface area contributed by atoms with Crippen molar-refractivity contribution in [3.05, 3.63) is 61.2 Å². The van der Waals surface area contributed by atoms with Crippen LogP contribution in [-0.4, -0.2) is 32.0 Å². The molecule has 152 valence electrons. The van der Waals surface area contributed by atoms with Crippen molar-refractivity contribution in [3.8, 4) is 5.75 Å². The second-order valence-electron chi connectivity index (χ2n) is 6.61. The van der Waals surface area contributed by atoms with Gasteiger partial charge in [0.05, 0.1) is 13.3 Å². The lowest BCUT2D eigenvalue weighted by atomic mass is 10.2. The maximum absolute atomic E-state index is 12.7. The van der Waals surface area contributed by atoms with Crippen molar-refractivity contribution in [2.45, 2.75) is 13.5 Å². The molecule has 0 aliphatic rings.